The van der Waals surface area contributed by atoms with Gasteiger partial charge in [-0.15, -0.1) is 12.4 Å². The monoisotopic (exact) mass is 389 g/mol. The van der Waals surface area contributed by atoms with Gasteiger partial charge in [0.2, 0.25) is 0 Å². The van der Waals surface area contributed by atoms with E-state index in [-0.39, 0.29) is 30.3 Å². The van der Waals surface area contributed by atoms with Gasteiger partial charge in [-0.25, -0.2) is 8.78 Å². The second-order valence-corrected chi connectivity index (χ2v) is 6.44. The molecule has 3 rings (SSSR count). The molecular formula is C17H19Cl2F2N3O. The summed E-state index contributed by atoms with van der Waals surface area (Å²) in [5, 5.41) is 6.68. The lowest BCUT2D eigenvalue weighted by Gasteiger charge is -2.33. The van der Waals surface area contributed by atoms with Gasteiger partial charge in [-0.3, -0.25) is 4.79 Å². The van der Waals surface area contributed by atoms with Crippen LogP contribution < -0.4 is 10.6 Å². The molecule has 1 aromatic carbocycles. The molecule has 2 heterocycles. The Balaban J connectivity index is 0.00000225. The highest BCUT2D eigenvalue weighted by atomic mass is 35.5. The zero-order valence-electron chi connectivity index (χ0n) is 13.6. The van der Waals surface area contributed by atoms with Crippen LogP contribution in [0.5, 0.6) is 0 Å². The summed E-state index contributed by atoms with van der Waals surface area (Å²) in [6, 6.07) is 5.30. The third-order valence-electron chi connectivity index (χ3n) is 4.37. The molecule has 1 aliphatic heterocycles. The largest absolute Gasteiger partial charge is 0.346 e. The average Bonchev–Trinajstić information content (AvgIpc) is 2.89. The lowest BCUT2D eigenvalue weighted by Crippen LogP contribution is -2.50. The van der Waals surface area contributed by atoms with Crippen molar-refractivity contribution in [1.29, 1.82) is 0 Å². The number of carbonyl (C=O) groups excluding carboxylic acids is 1. The van der Waals surface area contributed by atoms with Gasteiger partial charge in [-0.2, -0.15) is 0 Å². The smallest absolute Gasteiger partial charge is 0.268 e. The van der Waals surface area contributed by atoms with Gasteiger partial charge in [0.05, 0.1) is 5.02 Å². The van der Waals surface area contributed by atoms with Crippen molar-refractivity contribution in [3.63, 3.8) is 0 Å². The predicted octanol–water partition coefficient (Wildman–Crippen LogP) is 3.25. The number of amides is 1. The molecule has 8 heteroatoms. The van der Waals surface area contributed by atoms with Crippen LogP contribution in [0.2, 0.25) is 5.02 Å². The van der Waals surface area contributed by atoms with Crippen molar-refractivity contribution < 1.29 is 13.6 Å². The molecular weight excluding hydrogens is 371 g/mol. The first-order chi connectivity index (χ1) is 11.5. The van der Waals surface area contributed by atoms with Crippen LogP contribution in [0.15, 0.2) is 30.5 Å². The van der Waals surface area contributed by atoms with E-state index in [0.717, 1.165) is 19.0 Å². The molecule has 0 spiro atoms. The lowest BCUT2D eigenvalue weighted by molar-refractivity contribution is 0.0916. The van der Waals surface area contributed by atoms with Crippen LogP contribution in [0.25, 0.3) is 0 Å². The second-order valence-electron chi connectivity index (χ2n) is 6.01. The number of halogens is 4. The number of nitrogens with one attached hydrogen (secondary N) is 2. The number of rotatable bonds is 3. The Morgan fingerprint density at radius 1 is 1.32 bits per heavy atom. The highest BCUT2D eigenvalue weighted by Crippen LogP contribution is 2.27. The molecule has 1 aliphatic rings. The molecule has 1 aromatic heterocycles. The number of aryl methyl sites for hydroxylation is 1. The highest BCUT2D eigenvalue weighted by molar-refractivity contribution is 6.31. The van der Waals surface area contributed by atoms with Gasteiger partial charge in [0.25, 0.3) is 5.91 Å². The molecule has 25 heavy (non-hydrogen) atoms. The van der Waals surface area contributed by atoms with Crippen LogP contribution in [0.4, 0.5) is 8.78 Å². The Bertz CT molecular complexity index is 766. The van der Waals surface area contributed by atoms with E-state index in [0.29, 0.717) is 22.8 Å². The molecule has 0 radical (unpaired) electrons. The summed E-state index contributed by atoms with van der Waals surface area (Å²) in [5.41, 5.74) is 1.14. The molecule has 4 nitrogen and oxygen atoms in total. The van der Waals surface area contributed by atoms with Crippen molar-refractivity contribution in [1.82, 2.24) is 15.2 Å². The summed E-state index contributed by atoms with van der Waals surface area (Å²) in [6.07, 6.45) is 2.38. The number of nitrogens with zero attached hydrogens (tertiary/aromatic N) is 1. The van der Waals surface area contributed by atoms with E-state index in [2.05, 4.69) is 10.6 Å². The van der Waals surface area contributed by atoms with E-state index in [1.165, 1.54) is 6.07 Å². The van der Waals surface area contributed by atoms with Gasteiger partial charge in [-0.1, -0.05) is 17.7 Å². The van der Waals surface area contributed by atoms with Crippen LogP contribution in [0.3, 0.4) is 0 Å². The van der Waals surface area contributed by atoms with E-state index in [4.69, 9.17) is 11.6 Å². The molecule has 2 aromatic rings. The number of carbonyl (C=O) groups is 1. The first-order valence-corrected chi connectivity index (χ1v) is 8.12. The van der Waals surface area contributed by atoms with E-state index in [1.54, 1.807) is 29.9 Å². The van der Waals surface area contributed by atoms with Gasteiger partial charge in [0.15, 0.2) is 11.6 Å². The van der Waals surface area contributed by atoms with Crippen molar-refractivity contribution in [2.24, 2.45) is 7.05 Å². The quantitative estimate of drug-likeness (QED) is 0.845. The summed E-state index contributed by atoms with van der Waals surface area (Å²) < 4.78 is 28.4. The summed E-state index contributed by atoms with van der Waals surface area (Å²) in [7, 11) is 1.74. The van der Waals surface area contributed by atoms with Gasteiger partial charge in [0.1, 0.15) is 5.69 Å². The zero-order chi connectivity index (χ0) is 17.3. The zero-order valence-corrected chi connectivity index (χ0v) is 15.1. The maximum atomic E-state index is 13.5. The average molecular weight is 390 g/mol. The molecule has 0 aliphatic carbocycles. The number of piperidine rings is 1. The lowest BCUT2D eigenvalue weighted by atomic mass is 9.86. The molecule has 2 unspecified atom stereocenters. The van der Waals surface area contributed by atoms with Crippen molar-refractivity contribution in [3.8, 4) is 0 Å². The maximum absolute atomic E-state index is 13.5. The fraction of sp³-hybridized carbons (Fsp3) is 0.353. The maximum Gasteiger partial charge on any atom is 0.268 e. The molecule has 1 saturated heterocycles. The summed E-state index contributed by atoms with van der Waals surface area (Å²) in [5.74, 6) is -2.07. The fourth-order valence-corrected chi connectivity index (χ4v) is 3.39. The minimum atomic E-state index is -0.870. The number of benzene rings is 1. The molecule has 0 saturated carbocycles. The van der Waals surface area contributed by atoms with Gasteiger partial charge in [-0.05, 0) is 36.7 Å². The third kappa shape index (κ3) is 4.32. The number of hydrogen-bond acceptors (Lipinski definition) is 2. The summed E-state index contributed by atoms with van der Waals surface area (Å²) >= 11 is 5.92. The Hall–Kier alpha value is -1.63. The summed E-state index contributed by atoms with van der Waals surface area (Å²) in [6.45, 7) is 1.32. The standard InChI is InChI=1S/C17H18ClF2N3O.ClH/c1-23-9-11(18)7-16(23)17(24)22-15-8-21-5-4-12(15)10-2-3-13(19)14(20)6-10;/h2-3,6-7,9,12,15,21H,4-5,8H2,1H3,(H,22,24);1H. The predicted molar refractivity (Wildman–Crippen MR) is 95.5 cm³/mol. The molecule has 1 amide bonds. The number of aromatic nitrogens is 1. The Morgan fingerprint density at radius 2 is 2.08 bits per heavy atom. The van der Waals surface area contributed by atoms with E-state index in [1.807, 2.05) is 0 Å². The normalized spacial score (nSPS) is 20.0. The first kappa shape index (κ1) is 19.7. The van der Waals surface area contributed by atoms with Crippen LogP contribution >= 0.6 is 24.0 Å². The van der Waals surface area contributed by atoms with E-state index < -0.39 is 11.6 Å². The van der Waals surface area contributed by atoms with Crippen molar-refractivity contribution in [2.75, 3.05) is 13.1 Å². The van der Waals surface area contributed by atoms with Gasteiger partial charge in [0, 0.05) is 31.7 Å². The highest BCUT2D eigenvalue weighted by Gasteiger charge is 2.29. The van der Waals surface area contributed by atoms with Crippen LogP contribution in [0.1, 0.15) is 28.4 Å². The van der Waals surface area contributed by atoms with Crippen molar-refractivity contribution in [3.05, 3.63) is 58.4 Å². The van der Waals surface area contributed by atoms with Gasteiger partial charge < -0.3 is 15.2 Å². The molecule has 136 valence electrons. The molecule has 1 fully saturated rings. The fourth-order valence-electron chi connectivity index (χ4n) is 3.14. The van der Waals surface area contributed by atoms with E-state index >= 15 is 0 Å². The second kappa shape index (κ2) is 8.17. The van der Waals surface area contributed by atoms with Gasteiger partial charge >= 0.3 is 0 Å². The van der Waals surface area contributed by atoms with Crippen LogP contribution in [-0.4, -0.2) is 29.6 Å². The van der Waals surface area contributed by atoms with E-state index in [9.17, 15) is 13.6 Å². The molecule has 0 bridgehead atoms. The minimum absolute atomic E-state index is 0. The summed E-state index contributed by atoms with van der Waals surface area (Å²) in [4.78, 5) is 12.5. The Morgan fingerprint density at radius 3 is 2.72 bits per heavy atom. The Labute approximate surface area is 156 Å². The minimum Gasteiger partial charge on any atom is -0.346 e. The van der Waals surface area contributed by atoms with Crippen molar-refractivity contribution >= 4 is 29.9 Å². The number of hydrogen-bond donors (Lipinski definition) is 2. The van der Waals surface area contributed by atoms with Crippen molar-refractivity contribution in [2.45, 2.75) is 18.4 Å². The SMILES string of the molecule is Cl.Cn1cc(Cl)cc1C(=O)NC1CNCCC1c1ccc(F)c(F)c1. The molecule has 2 N–H and O–H groups in total. The third-order valence-corrected chi connectivity index (χ3v) is 4.58. The van der Waals surface area contributed by atoms with Crippen LogP contribution in [0, 0.1) is 11.6 Å². The molecule has 2 atom stereocenters. The first-order valence-electron chi connectivity index (χ1n) is 7.74. The Kier molecular flexibility index (Phi) is 6.43. The van der Waals surface area contributed by atoms with Crippen LogP contribution in [-0.2, 0) is 7.05 Å². The topological polar surface area (TPSA) is 46.1 Å².